The highest BCUT2D eigenvalue weighted by atomic mass is 19.3. The quantitative estimate of drug-likeness (QED) is 0.595. The standard InChI is InChI=1S/C22H38F2N2O5/c1-14(2)12-16(26(7)20(30)31-21(3,4)5)18(27)25(6)17(19(28)29)13-15-8-10-22(23,24)11-9-15/h14-17H,8-13H2,1-7H3,(H,28,29)/t16-,17?/m0/s1. The van der Waals surface area contributed by atoms with E-state index in [9.17, 15) is 28.3 Å². The summed E-state index contributed by atoms with van der Waals surface area (Å²) in [5.74, 6) is -4.51. The van der Waals surface area contributed by atoms with Crippen LogP contribution in [0, 0.1) is 11.8 Å². The lowest BCUT2D eigenvalue weighted by Crippen LogP contribution is -2.54. The Labute approximate surface area is 184 Å². The number of carboxylic acids is 1. The Morgan fingerprint density at radius 3 is 2.00 bits per heavy atom. The highest BCUT2D eigenvalue weighted by Crippen LogP contribution is 2.38. The molecule has 0 heterocycles. The van der Waals surface area contributed by atoms with Crippen LogP contribution in [0.2, 0.25) is 0 Å². The summed E-state index contributed by atoms with van der Waals surface area (Å²) in [6.45, 7) is 8.97. The minimum atomic E-state index is -2.70. The molecule has 1 aliphatic rings. The van der Waals surface area contributed by atoms with Gasteiger partial charge in [-0.05, 0) is 58.3 Å². The number of hydrogen-bond acceptors (Lipinski definition) is 4. The number of ether oxygens (including phenoxy) is 1. The molecule has 0 spiro atoms. The maximum absolute atomic E-state index is 13.4. The molecule has 9 heteroatoms. The highest BCUT2D eigenvalue weighted by molar-refractivity contribution is 5.89. The molecule has 180 valence electrons. The van der Waals surface area contributed by atoms with Crippen LogP contribution in [-0.4, -0.2) is 70.6 Å². The first-order valence-electron chi connectivity index (χ1n) is 10.9. The van der Waals surface area contributed by atoms with Crippen LogP contribution in [0.15, 0.2) is 0 Å². The predicted octanol–water partition coefficient (Wildman–Crippen LogP) is 4.40. The van der Waals surface area contributed by atoms with Crippen LogP contribution in [0.3, 0.4) is 0 Å². The highest BCUT2D eigenvalue weighted by Gasteiger charge is 2.40. The largest absolute Gasteiger partial charge is 0.480 e. The van der Waals surface area contributed by atoms with Gasteiger partial charge in [-0.2, -0.15) is 0 Å². The first-order valence-corrected chi connectivity index (χ1v) is 10.9. The summed E-state index contributed by atoms with van der Waals surface area (Å²) in [4.78, 5) is 40.1. The van der Waals surface area contributed by atoms with Gasteiger partial charge in [0.25, 0.3) is 0 Å². The fraction of sp³-hybridized carbons (Fsp3) is 0.864. The number of carbonyl (C=O) groups excluding carboxylic acids is 2. The number of likely N-dealkylation sites (N-methyl/N-ethyl adjacent to an activating group) is 2. The molecule has 7 nitrogen and oxygen atoms in total. The summed E-state index contributed by atoms with van der Waals surface area (Å²) in [7, 11) is 2.86. The van der Waals surface area contributed by atoms with E-state index in [0.29, 0.717) is 6.42 Å². The molecular formula is C22H38F2N2O5. The van der Waals surface area contributed by atoms with Crippen LogP contribution in [0.1, 0.15) is 73.1 Å². The second-order valence-corrected chi connectivity index (χ2v) is 10.1. The molecule has 2 atom stereocenters. The predicted molar refractivity (Wildman–Crippen MR) is 113 cm³/mol. The number of rotatable bonds is 8. The fourth-order valence-corrected chi connectivity index (χ4v) is 3.80. The van der Waals surface area contributed by atoms with Gasteiger partial charge >= 0.3 is 12.1 Å². The van der Waals surface area contributed by atoms with Crippen LogP contribution in [0.5, 0.6) is 0 Å². The molecule has 0 aromatic heterocycles. The third-order valence-corrected chi connectivity index (χ3v) is 5.62. The number of amides is 2. The van der Waals surface area contributed by atoms with Gasteiger partial charge in [0.05, 0.1) is 0 Å². The summed E-state index contributed by atoms with van der Waals surface area (Å²) in [5.41, 5.74) is -0.741. The molecule has 0 aromatic rings. The lowest BCUT2D eigenvalue weighted by molar-refractivity contribution is -0.152. The molecule has 1 aliphatic carbocycles. The Hall–Kier alpha value is -1.93. The number of alkyl halides is 2. The van der Waals surface area contributed by atoms with Gasteiger partial charge in [-0.25, -0.2) is 18.4 Å². The average Bonchev–Trinajstić information content (AvgIpc) is 2.61. The number of halogens is 2. The SMILES string of the molecule is CC(C)C[C@@H](C(=O)N(C)C(CC1CCC(F)(F)CC1)C(=O)O)N(C)C(=O)OC(C)(C)C. The van der Waals surface area contributed by atoms with E-state index in [-0.39, 0.29) is 43.9 Å². The van der Waals surface area contributed by atoms with Gasteiger partial charge in [0.15, 0.2) is 0 Å². The Morgan fingerprint density at radius 2 is 1.58 bits per heavy atom. The number of hydrogen-bond donors (Lipinski definition) is 1. The van der Waals surface area contributed by atoms with Crippen LogP contribution >= 0.6 is 0 Å². The molecule has 1 fully saturated rings. The summed E-state index contributed by atoms with van der Waals surface area (Å²) >= 11 is 0. The smallest absolute Gasteiger partial charge is 0.410 e. The first kappa shape index (κ1) is 27.1. The van der Waals surface area contributed by atoms with E-state index in [0.717, 1.165) is 4.90 Å². The van der Waals surface area contributed by atoms with E-state index < -0.39 is 41.6 Å². The van der Waals surface area contributed by atoms with Gasteiger partial charge in [-0.1, -0.05) is 13.8 Å². The van der Waals surface area contributed by atoms with E-state index in [4.69, 9.17) is 4.74 Å². The molecule has 0 aromatic carbocycles. The topological polar surface area (TPSA) is 87.2 Å². The summed E-state index contributed by atoms with van der Waals surface area (Å²) in [6.07, 6.45) is -0.295. The van der Waals surface area contributed by atoms with Gasteiger partial charge in [-0.15, -0.1) is 0 Å². The van der Waals surface area contributed by atoms with Gasteiger partial charge in [-0.3, -0.25) is 9.69 Å². The number of nitrogens with zero attached hydrogens (tertiary/aromatic N) is 2. The third kappa shape index (κ3) is 8.61. The van der Waals surface area contributed by atoms with E-state index in [1.807, 2.05) is 13.8 Å². The number of aliphatic carboxylic acids is 1. The molecule has 0 bridgehead atoms. The van der Waals surface area contributed by atoms with Crippen molar-refractivity contribution in [1.29, 1.82) is 0 Å². The zero-order chi connectivity index (χ0) is 24.1. The van der Waals surface area contributed by atoms with Crippen LogP contribution in [-0.2, 0) is 14.3 Å². The first-order chi connectivity index (χ1) is 14.0. The van der Waals surface area contributed by atoms with Crippen molar-refractivity contribution in [2.45, 2.75) is 96.8 Å². The molecular weight excluding hydrogens is 410 g/mol. The van der Waals surface area contributed by atoms with Crippen molar-refractivity contribution in [1.82, 2.24) is 9.80 Å². The van der Waals surface area contributed by atoms with Crippen molar-refractivity contribution in [2.24, 2.45) is 11.8 Å². The van der Waals surface area contributed by atoms with Gasteiger partial charge < -0.3 is 14.7 Å². The molecule has 1 N–H and O–H groups in total. The van der Waals surface area contributed by atoms with Crippen molar-refractivity contribution < 1.29 is 33.0 Å². The van der Waals surface area contributed by atoms with Gasteiger partial charge in [0.1, 0.15) is 17.7 Å². The van der Waals surface area contributed by atoms with E-state index in [1.54, 1.807) is 20.8 Å². The Kier molecular flexibility index (Phi) is 9.26. The Balaban J connectivity index is 2.99. The molecule has 0 radical (unpaired) electrons. The number of carboxylic acid groups (broad SMARTS) is 1. The number of carbonyl (C=O) groups is 3. The van der Waals surface area contributed by atoms with Crippen LogP contribution in [0.25, 0.3) is 0 Å². The molecule has 2 amide bonds. The van der Waals surface area contributed by atoms with Crippen molar-refractivity contribution in [3.05, 3.63) is 0 Å². The maximum atomic E-state index is 13.4. The van der Waals surface area contributed by atoms with E-state index in [1.165, 1.54) is 19.0 Å². The second kappa shape index (κ2) is 10.6. The maximum Gasteiger partial charge on any atom is 0.410 e. The van der Waals surface area contributed by atoms with Crippen molar-refractivity contribution in [3.8, 4) is 0 Å². The van der Waals surface area contributed by atoms with Gasteiger partial charge in [0, 0.05) is 26.9 Å². The summed E-state index contributed by atoms with van der Waals surface area (Å²) in [6, 6.07) is -2.04. The van der Waals surface area contributed by atoms with Crippen molar-refractivity contribution in [3.63, 3.8) is 0 Å². The van der Waals surface area contributed by atoms with Crippen molar-refractivity contribution >= 4 is 18.0 Å². The van der Waals surface area contributed by atoms with E-state index >= 15 is 0 Å². The van der Waals surface area contributed by atoms with Crippen LogP contribution < -0.4 is 0 Å². The second-order valence-electron chi connectivity index (χ2n) is 10.1. The normalized spacial score (nSPS) is 18.9. The molecule has 0 aliphatic heterocycles. The Morgan fingerprint density at radius 1 is 1.06 bits per heavy atom. The average molecular weight is 449 g/mol. The van der Waals surface area contributed by atoms with Gasteiger partial charge in [0.2, 0.25) is 11.8 Å². The third-order valence-electron chi connectivity index (χ3n) is 5.62. The molecule has 1 unspecified atom stereocenters. The fourth-order valence-electron chi connectivity index (χ4n) is 3.80. The molecule has 1 rings (SSSR count). The minimum Gasteiger partial charge on any atom is -0.480 e. The van der Waals surface area contributed by atoms with E-state index in [2.05, 4.69) is 0 Å². The lowest BCUT2D eigenvalue weighted by atomic mass is 9.82. The molecule has 1 saturated carbocycles. The van der Waals surface area contributed by atoms with Crippen molar-refractivity contribution in [2.75, 3.05) is 14.1 Å². The monoisotopic (exact) mass is 448 g/mol. The summed E-state index contributed by atoms with van der Waals surface area (Å²) in [5, 5.41) is 9.74. The molecule has 0 saturated heterocycles. The zero-order valence-electron chi connectivity index (χ0n) is 19.8. The molecule has 31 heavy (non-hydrogen) atoms. The summed E-state index contributed by atoms with van der Waals surface area (Å²) < 4.78 is 32.2. The Bertz CT molecular complexity index is 638. The van der Waals surface area contributed by atoms with Crippen LogP contribution in [0.4, 0.5) is 13.6 Å². The zero-order valence-corrected chi connectivity index (χ0v) is 19.8. The lowest BCUT2D eigenvalue weighted by Gasteiger charge is -2.36. The minimum absolute atomic E-state index is 0.0658.